The number of hydrogen-bond acceptors (Lipinski definition) is 6. The van der Waals surface area contributed by atoms with E-state index < -0.39 is 41.0 Å². The van der Waals surface area contributed by atoms with Gasteiger partial charge in [-0.3, -0.25) is 14.4 Å². The number of hydrogen-bond donors (Lipinski definition) is 3. The molecule has 1 saturated carbocycles. The van der Waals surface area contributed by atoms with Gasteiger partial charge in [-0.25, -0.2) is 0 Å². The summed E-state index contributed by atoms with van der Waals surface area (Å²) in [6, 6.07) is 14.8. The Bertz CT molecular complexity index is 1580. The van der Waals surface area contributed by atoms with E-state index in [0.29, 0.717) is 46.1 Å². The summed E-state index contributed by atoms with van der Waals surface area (Å²) in [5.74, 6) is -4.10. The average molecular weight is 666 g/mol. The number of aryl methyl sites for hydroxylation is 4. The second-order valence-electron chi connectivity index (χ2n) is 11.8. The van der Waals surface area contributed by atoms with Crippen molar-refractivity contribution in [2.45, 2.75) is 66.4 Å². The van der Waals surface area contributed by atoms with E-state index in [2.05, 4.69) is 26.6 Å². The van der Waals surface area contributed by atoms with E-state index in [4.69, 9.17) is 9.47 Å². The average Bonchev–Trinajstić information content (AvgIpc) is 2.93. The van der Waals surface area contributed by atoms with Gasteiger partial charge in [0.15, 0.2) is 11.5 Å². The molecule has 234 valence electrons. The highest BCUT2D eigenvalue weighted by Gasteiger charge is 2.56. The Kier molecular flexibility index (Phi) is 10.2. The van der Waals surface area contributed by atoms with Gasteiger partial charge in [-0.15, -0.1) is 0 Å². The van der Waals surface area contributed by atoms with Crippen LogP contribution in [0.3, 0.4) is 0 Å². The van der Waals surface area contributed by atoms with Crippen molar-refractivity contribution < 1.29 is 29.0 Å². The van der Waals surface area contributed by atoms with Crippen molar-refractivity contribution in [3.8, 4) is 11.5 Å². The summed E-state index contributed by atoms with van der Waals surface area (Å²) < 4.78 is 12.3. The number of carbonyl (C=O) groups excluding carboxylic acids is 3. The second-order valence-corrected chi connectivity index (χ2v) is 12.6. The van der Waals surface area contributed by atoms with E-state index >= 15 is 0 Å². The van der Waals surface area contributed by atoms with Crippen molar-refractivity contribution >= 4 is 44.9 Å². The highest BCUT2D eigenvalue weighted by atomic mass is 79.9. The van der Waals surface area contributed by atoms with Crippen molar-refractivity contribution in [3.63, 3.8) is 0 Å². The molecule has 1 fully saturated rings. The summed E-state index contributed by atoms with van der Waals surface area (Å²) in [4.78, 5) is 42.2. The largest absolute Gasteiger partial charge is 0.490 e. The maximum Gasteiger partial charge on any atom is 0.235 e. The monoisotopic (exact) mass is 664 g/mol. The van der Waals surface area contributed by atoms with Gasteiger partial charge in [-0.05, 0) is 116 Å². The molecule has 3 aromatic rings. The van der Waals surface area contributed by atoms with Crippen molar-refractivity contribution in [1.29, 1.82) is 0 Å². The van der Waals surface area contributed by atoms with Crippen LogP contribution in [-0.4, -0.2) is 41.5 Å². The third-order valence-electron chi connectivity index (χ3n) is 8.14. The molecular weight excluding hydrogens is 624 g/mol. The van der Waals surface area contributed by atoms with Crippen molar-refractivity contribution in [1.82, 2.24) is 0 Å². The topological polar surface area (TPSA) is 114 Å². The normalized spacial score (nSPS) is 21.5. The molecule has 2 amide bonds. The van der Waals surface area contributed by atoms with E-state index in [-0.39, 0.29) is 6.42 Å². The van der Waals surface area contributed by atoms with Crippen LogP contribution in [0.15, 0.2) is 53.0 Å². The Morgan fingerprint density at radius 2 is 1.43 bits per heavy atom. The minimum atomic E-state index is -1.75. The molecule has 1 aliphatic carbocycles. The zero-order chi connectivity index (χ0) is 32.3. The third kappa shape index (κ3) is 7.00. The van der Waals surface area contributed by atoms with Crippen LogP contribution in [0, 0.1) is 39.5 Å². The first-order valence-corrected chi connectivity index (χ1v) is 15.7. The van der Waals surface area contributed by atoms with Gasteiger partial charge in [0.1, 0.15) is 11.7 Å². The lowest BCUT2D eigenvalue weighted by Crippen LogP contribution is -2.56. The number of benzene rings is 3. The molecule has 9 heteroatoms. The standard InChI is InChI=1S/C35H41BrN2O6/c1-8-43-28-17-23(16-24(36)32(28)44-9-2)29-30(33(40)37-25-14-19(3)10-12-21(25)5)27(39)18-35(7,42)31(29)34(41)38-26-15-20(4)11-13-22(26)6/h10-17,29-31,42H,8-9,18H2,1-7H3,(H,37,40)(H,38,41). The summed E-state index contributed by atoms with van der Waals surface area (Å²) in [7, 11) is 0. The summed E-state index contributed by atoms with van der Waals surface area (Å²) in [5, 5.41) is 17.7. The number of rotatable bonds is 9. The second kappa shape index (κ2) is 13.5. The molecule has 1 aliphatic rings. The fourth-order valence-corrected chi connectivity index (χ4v) is 6.56. The maximum absolute atomic E-state index is 14.2. The SMILES string of the molecule is CCOc1cc(C2C(C(=O)Nc3cc(C)ccc3C)C(=O)CC(C)(O)C2C(=O)Nc2cc(C)ccc2C)cc(Br)c1OCC. The zero-order valence-electron chi connectivity index (χ0n) is 26.3. The molecule has 3 N–H and O–H groups in total. The van der Waals surface area contributed by atoms with Crippen LogP contribution in [-0.2, 0) is 14.4 Å². The number of aliphatic hydroxyl groups is 1. The number of amides is 2. The molecule has 0 bridgehead atoms. The number of halogens is 1. The van der Waals surface area contributed by atoms with Crippen LogP contribution in [0.2, 0.25) is 0 Å². The number of anilines is 2. The molecule has 3 aromatic carbocycles. The van der Waals surface area contributed by atoms with Crippen LogP contribution in [0.5, 0.6) is 11.5 Å². The van der Waals surface area contributed by atoms with E-state index in [1.807, 2.05) is 77.9 Å². The van der Waals surface area contributed by atoms with Crippen LogP contribution in [0.1, 0.15) is 60.9 Å². The molecule has 0 spiro atoms. The molecule has 0 aromatic heterocycles. The Morgan fingerprint density at radius 1 is 0.886 bits per heavy atom. The van der Waals surface area contributed by atoms with Gasteiger partial charge in [0.05, 0.1) is 29.2 Å². The molecule has 44 heavy (non-hydrogen) atoms. The lowest BCUT2D eigenvalue weighted by atomic mass is 9.61. The summed E-state index contributed by atoms with van der Waals surface area (Å²) >= 11 is 3.58. The highest BCUT2D eigenvalue weighted by Crippen LogP contribution is 2.49. The zero-order valence-corrected chi connectivity index (χ0v) is 27.9. The lowest BCUT2D eigenvalue weighted by molar-refractivity contribution is -0.150. The van der Waals surface area contributed by atoms with E-state index in [0.717, 1.165) is 22.3 Å². The number of carbonyl (C=O) groups is 3. The van der Waals surface area contributed by atoms with Gasteiger partial charge in [-0.2, -0.15) is 0 Å². The number of Topliss-reactive ketones (excluding diaryl/α,β-unsaturated/α-hetero) is 1. The summed E-state index contributed by atoms with van der Waals surface area (Å²) in [6.45, 7) is 13.5. The van der Waals surface area contributed by atoms with Crippen LogP contribution in [0.25, 0.3) is 0 Å². The summed E-state index contributed by atoms with van der Waals surface area (Å²) in [6.07, 6.45) is -0.365. The Hall–Kier alpha value is -3.69. The van der Waals surface area contributed by atoms with Gasteiger partial charge >= 0.3 is 0 Å². The van der Waals surface area contributed by atoms with Gasteiger partial charge in [0.2, 0.25) is 11.8 Å². The van der Waals surface area contributed by atoms with Gasteiger partial charge in [0.25, 0.3) is 0 Å². The number of nitrogens with one attached hydrogen (secondary N) is 2. The molecule has 4 rings (SSSR count). The van der Waals surface area contributed by atoms with E-state index in [1.165, 1.54) is 6.92 Å². The predicted octanol–water partition coefficient (Wildman–Crippen LogP) is 6.80. The highest BCUT2D eigenvalue weighted by molar-refractivity contribution is 9.10. The fourth-order valence-electron chi connectivity index (χ4n) is 5.98. The lowest BCUT2D eigenvalue weighted by Gasteiger charge is -2.44. The molecule has 8 nitrogen and oxygen atoms in total. The minimum Gasteiger partial charge on any atom is -0.490 e. The van der Waals surface area contributed by atoms with Crippen molar-refractivity contribution in [2.75, 3.05) is 23.8 Å². The quantitative estimate of drug-likeness (QED) is 0.217. The van der Waals surface area contributed by atoms with Gasteiger partial charge < -0.3 is 25.2 Å². The minimum absolute atomic E-state index is 0.338. The first-order chi connectivity index (χ1) is 20.8. The van der Waals surface area contributed by atoms with Gasteiger partial charge in [0, 0.05) is 23.7 Å². The molecule has 0 aliphatic heterocycles. The summed E-state index contributed by atoms with van der Waals surface area (Å²) in [5.41, 5.74) is 3.49. The van der Waals surface area contributed by atoms with Crippen molar-refractivity contribution in [2.24, 2.45) is 11.8 Å². The number of ketones is 1. The molecule has 0 heterocycles. The Balaban J connectivity index is 1.89. The fraction of sp³-hybridized carbons (Fsp3) is 0.400. The van der Waals surface area contributed by atoms with E-state index in [1.54, 1.807) is 12.1 Å². The number of ether oxygens (including phenoxy) is 2. The molecule has 0 saturated heterocycles. The Morgan fingerprint density at radius 3 is 1.98 bits per heavy atom. The van der Waals surface area contributed by atoms with Crippen LogP contribution < -0.4 is 20.1 Å². The predicted molar refractivity (Wildman–Crippen MR) is 176 cm³/mol. The van der Waals surface area contributed by atoms with Crippen molar-refractivity contribution in [3.05, 3.63) is 80.8 Å². The molecule has 4 atom stereocenters. The maximum atomic E-state index is 14.2. The Labute approximate surface area is 267 Å². The molecular formula is C35H41BrN2O6. The smallest absolute Gasteiger partial charge is 0.235 e. The van der Waals surface area contributed by atoms with Crippen LogP contribution >= 0.6 is 15.9 Å². The first-order valence-electron chi connectivity index (χ1n) is 14.9. The molecule has 0 radical (unpaired) electrons. The first kappa shape index (κ1) is 33.2. The molecule has 4 unspecified atom stereocenters. The van der Waals surface area contributed by atoms with Crippen LogP contribution in [0.4, 0.5) is 11.4 Å². The van der Waals surface area contributed by atoms with E-state index in [9.17, 15) is 19.5 Å². The third-order valence-corrected chi connectivity index (χ3v) is 8.73. The van der Waals surface area contributed by atoms with Gasteiger partial charge in [-0.1, -0.05) is 24.3 Å².